The number of hydrogen-bond acceptors (Lipinski definition) is 2. The van der Waals surface area contributed by atoms with Gasteiger partial charge < -0.3 is 0 Å². The second-order valence-corrected chi connectivity index (χ2v) is 6.63. The zero-order chi connectivity index (χ0) is 14.5. The average Bonchev–Trinajstić information content (AvgIpc) is 2.40. The summed E-state index contributed by atoms with van der Waals surface area (Å²) >= 11 is 12.1. The molecule has 0 saturated carbocycles. The standard InChI is InChI=1S/C14H8Cl2O3S/c15-13-4-2-9-5-8-1-3-11(20(17,18)19)6-10(8)7-12(9)14(13)16/h1-7H,(H,17,18,19). The molecule has 0 heterocycles. The molecule has 1 N–H and O–H groups in total. The van der Waals surface area contributed by atoms with Gasteiger partial charge in [-0.05, 0) is 46.5 Å². The summed E-state index contributed by atoms with van der Waals surface area (Å²) in [6.45, 7) is 0. The van der Waals surface area contributed by atoms with E-state index in [-0.39, 0.29) is 4.90 Å². The van der Waals surface area contributed by atoms with Crippen molar-refractivity contribution in [1.29, 1.82) is 0 Å². The molecule has 102 valence electrons. The summed E-state index contributed by atoms with van der Waals surface area (Å²) < 4.78 is 31.4. The molecule has 3 rings (SSSR count). The monoisotopic (exact) mass is 326 g/mol. The maximum atomic E-state index is 11.2. The third-order valence-corrected chi connectivity index (χ3v) is 4.80. The maximum Gasteiger partial charge on any atom is 0.294 e. The lowest BCUT2D eigenvalue weighted by molar-refractivity contribution is 0.483. The van der Waals surface area contributed by atoms with Crippen LogP contribution in [0.2, 0.25) is 10.0 Å². The van der Waals surface area contributed by atoms with E-state index in [2.05, 4.69) is 0 Å². The van der Waals surface area contributed by atoms with Gasteiger partial charge in [0.15, 0.2) is 0 Å². The van der Waals surface area contributed by atoms with Crippen LogP contribution in [0.25, 0.3) is 21.5 Å². The highest BCUT2D eigenvalue weighted by Crippen LogP contribution is 2.33. The van der Waals surface area contributed by atoms with Gasteiger partial charge in [0.05, 0.1) is 14.9 Å². The van der Waals surface area contributed by atoms with Crippen molar-refractivity contribution in [1.82, 2.24) is 0 Å². The van der Waals surface area contributed by atoms with Crippen molar-refractivity contribution in [3.05, 3.63) is 52.5 Å². The topological polar surface area (TPSA) is 54.4 Å². The third kappa shape index (κ3) is 2.25. The summed E-state index contributed by atoms with van der Waals surface area (Å²) in [5.74, 6) is 0. The van der Waals surface area contributed by atoms with Gasteiger partial charge in [-0.3, -0.25) is 4.55 Å². The van der Waals surface area contributed by atoms with E-state index in [4.69, 9.17) is 27.8 Å². The van der Waals surface area contributed by atoms with Gasteiger partial charge in [-0.1, -0.05) is 35.3 Å². The first kappa shape index (κ1) is 13.6. The molecule has 0 aliphatic carbocycles. The summed E-state index contributed by atoms with van der Waals surface area (Å²) in [5, 5.41) is 4.01. The first-order valence-corrected chi connectivity index (χ1v) is 7.85. The number of halogens is 2. The molecule has 0 spiro atoms. The SMILES string of the molecule is O=S(=O)(O)c1ccc2cc3ccc(Cl)c(Cl)c3cc2c1. The van der Waals surface area contributed by atoms with Crippen molar-refractivity contribution >= 4 is 54.9 Å². The molecule has 20 heavy (non-hydrogen) atoms. The number of fused-ring (bicyclic) bond motifs is 2. The highest BCUT2D eigenvalue weighted by molar-refractivity contribution is 7.85. The van der Waals surface area contributed by atoms with E-state index in [1.807, 2.05) is 12.1 Å². The fourth-order valence-corrected chi connectivity index (χ4v) is 3.05. The fraction of sp³-hybridized carbons (Fsp3) is 0. The van der Waals surface area contributed by atoms with Gasteiger partial charge in [-0.2, -0.15) is 8.42 Å². The van der Waals surface area contributed by atoms with Gasteiger partial charge in [0.25, 0.3) is 10.1 Å². The zero-order valence-corrected chi connectivity index (χ0v) is 12.3. The molecule has 0 aromatic heterocycles. The van der Waals surface area contributed by atoms with Crippen LogP contribution < -0.4 is 0 Å². The molecule has 6 heteroatoms. The quantitative estimate of drug-likeness (QED) is 0.527. The second-order valence-electron chi connectivity index (χ2n) is 4.42. The van der Waals surface area contributed by atoms with Crippen molar-refractivity contribution in [2.24, 2.45) is 0 Å². The molecule has 0 amide bonds. The Balaban J connectivity index is 2.41. The van der Waals surface area contributed by atoms with Crippen LogP contribution in [0, 0.1) is 0 Å². The van der Waals surface area contributed by atoms with Crippen LogP contribution in [-0.4, -0.2) is 13.0 Å². The molecular weight excluding hydrogens is 319 g/mol. The molecule has 3 aromatic rings. The molecule has 0 bridgehead atoms. The highest BCUT2D eigenvalue weighted by atomic mass is 35.5. The van der Waals surface area contributed by atoms with Gasteiger partial charge >= 0.3 is 0 Å². The van der Waals surface area contributed by atoms with Crippen molar-refractivity contribution in [2.75, 3.05) is 0 Å². The molecular formula is C14H8Cl2O3S. The van der Waals surface area contributed by atoms with Crippen LogP contribution in [0.5, 0.6) is 0 Å². The highest BCUT2D eigenvalue weighted by Gasteiger charge is 2.11. The van der Waals surface area contributed by atoms with Gasteiger partial charge in [0.1, 0.15) is 0 Å². The summed E-state index contributed by atoms with van der Waals surface area (Å²) in [5.41, 5.74) is 0. The average molecular weight is 327 g/mol. The van der Waals surface area contributed by atoms with Crippen LogP contribution in [0.3, 0.4) is 0 Å². The molecule has 0 radical (unpaired) electrons. The van der Waals surface area contributed by atoms with E-state index in [1.165, 1.54) is 12.1 Å². The first-order valence-electron chi connectivity index (χ1n) is 5.65. The Kier molecular flexibility index (Phi) is 3.14. The maximum absolute atomic E-state index is 11.2. The smallest absolute Gasteiger partial charge is 0.282 e. The van der Waals surface area contributed by atoms with E-state index in [0.29, 0.717) is 15.4 Å². The predicted molar refractivity (Wildman–Crippen MR) is 81.3 cm³/mol. The molecule has 0 atom stereocenters. The van der Waals surface area contributed by atoms with E-state index in [1.54, 1.807) is 18.2 Å². The third-order valence-electron chi connectivity index (χ3n) is 3.13. The normalized spacial score (nSPS) is 12.2. The van der Waals surface area contributed by atoms with Crippen LogP contribution in [0.1, 0.15) is 0 Å². The van der Waals surface area contributed by atoms with Crippen LogP contribution in [0.4, 0.5) is 0 Å². The number of hydrogen-bond donors (Lipinski definition) is 1. The Morgan fingerprint density at radius 1 is 0.850 bits per heavy atom. The van der Waals surface area contributed by atoms with E-state index < -0.39 is 10.1 Å². The van der Waals surface area contributed by atoms with Crippen LogP contribution >= 0.6 is 23.2 Å². The van der Waals surface area contributed by atoms with E-state index in [9.17, 15) is 8.42 Å². The van der Waals surface area contributed by atoms with Gasteiger partial charge in [0, 0.05) is 5.39 Å². The Morgan fingerprint density at radius 2 is 1.55 bits per heavy atom. The lowest BCUT2D eigenvalue weighted by atomic mass is 10.0. The van der Waals surface area contributed by atoms with Crippen molar-refractivity contribution in [3.8, 4) is 0 Å². The Morgan fingerprint density at radius 3 is 2.25 bits per heavy atom. The van der Waals surface area contributed by atoms with E-state index in [0.717, 1.165) is 16.2 Å². The van der Waals surface area contributed by atoms with Gasteiger partial charge in [0.2, 0.25) is 0 Å². The second kappa shape index (κ2) is 4.60. The molecule has 3 nitrogen and oxygen atoms in total. The van der Waals surface area contributed by atoms with Crippen molar-refractivity contribution in [3.63, 3.8) is 0 Å². The number of benzene rings is 3. The van der Waals surface area contributed by atoms with Crippen LogP contribution in [-0.2, 0) is 10.1 Å². The molecule has 0 saturated heterocycles. The van der Waals surface area contributed by atoms with Gasteiger partial charge in [-0.25, -0.2) is 0 Å². The van der Waals surface area contributed by atoms with Crippen molar-refractivity contribution in [2.45, 2.75) is 4.90 Å². The lowest BCUT2D eigenvalue weighted by Gasteiger charge is -2.06. The minimum atomic E-state index is -4.22. The zero-order valence-electron chi connectivity index (χ0n) is 9.97. The minimum Gasteiger partial charge on any atom is -0.282 e. The molecule has 0 aliphatic rings. The fourth-order valence-electron chi connectivity index (χ4n) is 2.15. The largest absolute Gasteiger partial charge is 0.294 e. The Hall–Kier alpha value is -1.33. The summed E-state index contributed by atoms with van der Waals surface area (Å²) in [6.07, 6.45) is 0. The summed E-state index contributed by atoms with van der Waals surface area (Å²) in [4.78, 5) is -0.150. The summed E-state index contributed by atoms with van der Waals surface area (Å²) in [7, 11) is -4.22. The van der Waals surface area contributed by atoms with Gasteiger partial charge in [-0.15, -0.1) is 0 Å². The predicted octanol–water partition coefficient (Wildman–Crippen LogP) is 4.55. The first-order chi connectivity index (χ1) is 9.36. The van der Waals surface area contributed by atoms with Crippen molar-refractivity contribution < 1.29 is 13.0 Å². The summed E-state index contributed by atoms with van der Waals surface area (Å²) in [6, 6.07) is 11.6. The minimum absolute atomic E-state index is 0.150. The Bertz CT molecular complexity index is 949. The molecule has 3 aromatic carbocycles. The lowest BCUT2D eigenvalue weighted by Crippen LogP contribution is -1.97. The number of rotatable bonds is 1. The van der Waals surface area contributed by atoms with Crippen LogP contribution in [0.15, 0.2) is 47.4 Å². The molecule has 0 unspecified atom stereocenters. The molecule has 0 fully saturated rings. The molecule has 0 aliphatic heterocycles. The Labute approximate surface area is 125 Å². The van der Waals surface area contributed by atoms with E-state index >= 15 is 0 Å².